The van der Waals surface area contributed by atoms with Crippen LogP contribution in [-0.2, 0) is 6.42 Å². The van der Waals surface area contributed by atoms with Gasteiger partial charge in [0.1, 0.15) is 0 Å². The number of rotatable bonds is 5. The normalized spacial score (nSPS) is 10.8. The van der Waals surface area contributed by atoms with Gasteiger partial charge < -0.3 is 0 Å². The second kappa shape index (κ2) is 6.79. The van der Waals surface area contributed by atoms with E-state index in [9.17, 15) is 9.59 Å². The number of Topliss-reactive ketones (excluding diaryl/α,β-unsaturated/α-hetero) is 1. The molecule has 3 aromatic carbocycles. The highest BCUT2D eigenvalue weighted by molar-refractivity contribution is 6.19. The van der Waals surface area contributed by atoms with E-state index in [-0.39, 0.29) is 11.6 Å². The first-order chi connectivity index (χ1) is 11.7. The number of benzene rings is 3. The molecule has 24 heavy (non-hydrogen) atoms. The van der Waals surface area contributed by atoms with E-state index in [0.717, 1.165) is 16.3 Å². The Morgan fingerprint density at radius 1 is 0.875 bits per heavy atom. The van der Waals surface area contributed by atoms with Gasteiger partial charge in [-0.05, 0) is 28.8 Å². The van der Waals surface area contributed by atoms with Crippen molar-refractivity contribution in [3.05, 3.63) is 82.9 Å². The van der Waals surface area contributed by atoms with Crippen LogP contribution in [0.15, 0.2) is 60.7 Å². The van der Waals surface area contributed by atoms with Crippen LogP contribution in [0.25, 0.3) is 10.8 Å². The zero-order chi connectivity index (χ0) is 17.1. The second-order valence-corrected chi connectivity index (χ2v) is 5.82. The average Bonchev–Trinajstić information content (AvgIpc) is 2.65. The number of hydrogen-bond donors (Lipinski definition) is 0. The molecular weight excluding hydrogens is 296 g/mol. The van der Waals surface area contributed by atoms with Gasteiger partial charge in [0.05, 0.1) is 0 Å². The molecule has 0 aliphatic heterocycles. The van der Waals surface area contributed by atoms with Crippen molar-refractivity contribution in [1.29, 1.82) is 0 Å². The summed E-state index contributed by atoms with van der Waals surface area (Å²) in [6.45, 7) is 3.86. The molecule has 0 spiro atoms. The summed E-state index contributed by atoms with van der Waals surface area (Å²) in [5, 5.41) is 1.85. The minimum absolute atomic E-state index is 0.0191. The predicted octanol–water partition coefficient (Wildman–Crippen LogP) is 5.23. The molecule has 0 saturated heterocycles. The van der Waals surface area contributed by atoms with E-state index < -0.39 is 0 Å². The van der Waals surface area contributed by atoms with Gasteiger partial charge in [-0.3, -0.25) is 9.59 Å². The van der Waals surface area contributed by atoms with Crippen LogP contribution in [0.4, 0.5) is 0 Å². The lowest BCUT2D eigenvalue weighted by Crippen LogP contribution is -2.11. The third kappa shape index (κ3) is 2.76. The van der Waals surface area contributed by atoms with Crippen molar-refractivity contribution in [3.8, 4) is 0 Å². The van der Waals surface area contributed by atoms with Gasteiger partial charge in [0.2, 0.25) is 0 Å². The molecule has 0 aliphatic carbocycles. The summed E-state index contributed by atoms with van der Waals surface area (Å²) in [6, 6.07) is 19.0. The zero-order valence-electron chi connectivity index (χ0n) is 14.0. The first-order valence-corrected chi connectivity index (χ1v) is 8.34. The van der Waals surface area contributed by atoms with E-state index in [0.29, 0.717) is 29.5 Å². The molecule has 0 bridgehead atoms. The second-order valence-electron chi connectivity index (χ2n) is 5.82. The van der Waals surface area contributed by atoms with Gasteiger partial charge in [0, 0.05) is 23.1 Å². The van der Waals surface area contributed by atoms with Crippen LogP contribution in [0.5, 0.6) is 0 Å². The molecule has 0 unspecified atom stereocenters. The van der Waals surface area contributed by atoms with E-state index in [1.165, 1.54) is 0 Å². The Balaban J connectivity index is 2.35. The SMILES string of the molecule is CCC(=O)c1cc2ccccc2c(C(=O)c2ccccc2)c1CC. The van der Waals surface area contributed by atoms with Crippen LogP contribution >= 0.6 is 0 Å². The van der Waals surface area contributed by atoms with Crippen molar-refractivity contribution in [2.75, 3.05) is 0 Å². The molecule has 0 aliphatic rings. The molecular formula is C22H20O2. The van der Waals surface area contributed by atoms with Crippen molar-refractivity contribution in [2.24, 2.45) is 0 Å². The summed E-state index contributed by atoms with van der Waals surface area (Å²) < 4.78 is 0. The van der Waals surface area contributed by atoms with Gasteiger partial charge in [-0.1, -0.05) is 68.4 Å². The highest BCUT2D eigenvalue weighted by Crippen LogP contribution is 2.29. The summed E-state index contributed by atoms with van der Waals surface area (Å²) >= 11 is 0. The van der Waals surface area contributed by atoms with E-state index in [4.69, 9.17) is 0 Å². The molecule has 0 radical (unpaired) electrons. The van der Waals surface area contributed by atoms with Gasteiger partial charge in [0.25, 0.3) is 0 Å². The Labute approximate surface area is 142 Å². The standard InChI is InChI=1S/C22H20O2/c1-3-17-19(20(23)4-2)14-16-12-8-9-13-18(16)21(17)22(24)15-10-6-5-7-11-15/h5-14H,3-4H2,1-2H3. The Morgan fingerprint density at radius 3 is 2.21 bits per heavy atom. The lowest BCUT2D eigenvalue weighted by Gasteiger charge is -2.16. The molecule has 3 aromatic rings. The minimum atomic E-state index is -0.0191. The number of ketones is 2. The fourth-order valence-corrected chi connectivity index (χ4v) is 3.19. The molecule has 0 atom stereocenters. The zero-order valence-corrected chi connectivity index (χ0v) is 14.0. The van der Waals surface area contributed by atoms with Crippen LogP contribution in [0, 0.1) is 0 Å². The Bertz CT molecular complexity index is 908. The smallest absolute Gasteiger partial charge is 0.193 e. The highest BCUT2D eigenvalue weighted by atomic mass is 16.1. The Morgan fingerprint density at radius 2 is 1.54 bits per heavy atom. The summed E-state index contributed by atoms with van der Waals surface area (Å²) in [7, 11) is 0. The minimum Gasteiger partial charge on any atom is -0.294 e. The van der Waals surface area contributed by atoms with Crippen molar-refractivity contribution in [3.63, 3.8) is 0 Å². The monoisotopic (exact) mass is 316 g/mol. The van der Waals surface area contributed by atoms with Gasteiger partial charge in [-0.25, -0.2) is 0 Å². The Kier molecular flexibility index (Phi) is 4.57. The van der Waals surface area contributed by atoms with E-state index >= 15 is 0 Å². The molecule has 0 saturated carbocycles. The summed E-state index contributed by atoms with van der Waals surface area (Å²) in [5.41, 5.74) is 2.85. The van der Waals surface area contributed by atoms with Crippen molar-refractivity contribution in [2.45, 2.75) is 26.7 Å². The number of carbonyl (C=O) groups excluding carboxylic acids is 2. The van der Waals surface area contributed by atoms with Crippen LogP contribution in [0.3, 0.4) is 0 Å². The highest BCUT2D eigenvalue weighted by Gasteiger charge is 2.21. The number of carbonyl (C=O) groups is 2. The lowest BCUT2D eigenvalue weighted by molar-refractivity contribution is 0.0987. The van der Waals surface area contributed by atoms with Crippen LogP contribution < -0.4 is 0 Å². The third-order valence-corrected chi connectivity index (χ3v) is 4.39. The van der Waals surface area contributed by atoms with Gasteiger partial charge in [-0.2, -0.15) is 0 Å². The van der Waals surface area contributed by atoms with E-state index in [1.807, 2.05) is 74.5 Å². The summed E-state index contributed by atoms with van der Waals surface area (Å²) in [5.74, 6) is 0.0640. The average molecular weight is 316 g/mol. The maximum atomic E-state index is 13.2. The van der Waals surface area contributed by atoms with Crippen LogP contribution in [0.2, 0.25) is 0 Å². The topological polar surface area (TPSA) is 34.1 Å². The van der Waals surface area contributed by atoms with Crippen LogP contribution in [-0.4, -0.2) is 11.6 Å². The molecule has 0 fully saturated rings. The largest absolute Gasteiger partial charge is 0.294 e. The maximum Gasteiger partial charge on any atom is 0.193 e. The number of hydrogen-bond acceptors (Lipinski definition) is 2. The predicted molar refractivity (Wildman–Crippen MR) is 97.8 cm³/mol. The fourth-order valence-electron chi connectivity index (χ4n) is 3.19. The summed E-state index contributed by atoms with van der Waals surface area (Å²) in [4.78, 5) is 25.6. The molecule has 3 rings (SSSR count). The quantitative estimate of drug-likeness (QED) is 0.604. The molecule has 120 valence electrons. The first kappa shape index (κ1) is 16.1. The third-order valence-electron chi connectivity index (χ3n) is 4.39. The maximum absolute atomic E-state index is 13.2. The molecule has 0 amide bonds. The molecule has 0 N–H and O–H groups in total. The van der Waals surface area contributed by atoms with Gasteiger partial charge in [0.15, 0.2) is 11.6 Å². The van der Waals surface area contributed by atoms with Crippen molar-refractivity contribution >= 4 is 22.3 Å². The summed E-state index contributed by atoms with van der Waals surface area (Å²) in [6.07, 6.45) is 1.09. The van der Waals surface area contributed by atoms with Crippen molar-refractivity contribution in [1.82, 2.24) is 0 Å². The van der Waals surface area contributed by atoms with E-state index in [1.54, 1.807) is 0 Å². The van der Waals surface area contributed by atoms with Gasteiger partial charge >= 0.3 is 0 Å². The van der Waals surface area contributed by atoms with E-state index in [2.05, 4.69) is 0 Å². The lowest BCUT2D eigenvalue weighted by atomic mass is 9.86. The molecule has 2 heteroatoms. The fraction of sp³-hybridized carbons (Fsp3) is 0.182. The Hall–Kier alpha value is -2.74. The van der Waals surface area contributed by atoms with Crippen LogP contribution in [0.1, 0.15) is 52.1 Å². The molecule has 0 aromatic heterocycles. The van der Waals surface area contributed by atoms with Gasteiger partial charge in [-0.15, -0.1) is 0 Å². The molecule has 0 heterocycles. The molecule has 2 nitrogen and oxygen atoms in total. The first-order valence-electron chi connectivity index (χ1n) is 8.34. The van der Waals surface area contributed by atoms with Crippen molar-refractivity contribution < 1.29 is 9.59 Å². The number of fused-ring (bicyclic) bond motifs is 1.